The largest absolute Gasteiger partial charge is 0.465 e. The molecule has 0 spiro atoms. The van der Waals surface area contributed by atoms with Crippen LogP contribution in [0.25, 0.3) is 0 Å². The fourth-order valence-corrected chi connectivity index (χ4v) is 3.65. The van der Waals surface area contributed by atoms with Gasteiger partial charge >= 0.3 is 5.97 Å². The molecule has 1 aromatic carbocycles. The molecule has 1 heterocycles. The molecule has 1 aromatic heterocycles. The zero-order valence-electron chi connectivity index (χ0n) is 13.5. The Morgan fingerprint density at radius 2 is 2.00 bits per heavy atom. The molecule has 4 nitrogen and oxygen atoms in total. The number of benzene rings is 1. The van der Waals surface area contributed by atoms with Crippen molar-refractivity contribution in [3.05, 3.63) is 50.4 Å². The van der Waals surface area contributed by atoms with Gasteiger partial charge in [-0.1, -0.05) is 39.4 Å². The Hall–Kier alpha value is -1.53. The lowest BCUT2D eigenvalue weighted by atomic mass is 10.1. The van der Waals surface area contributed by atoms with Crippen LogP contribution in [-0.4, -0.2) is 18.4 Å². The first kappa shape index (κ1) is 17.3. The minimum absolute atomic E-state index is 0.0671. The van der Waals surface area contributed by atoms with Crippen LogP contribution in [0.5, 0.6) is 0 Å². The second-order valence-corrected chi connectivity index (χ2v) is 7.84. The maximum Gasteiger partial charge on any atom is 0.308 e. The van der Waals surface area contributed by atoms with Gasteiger partial charge in [0, 0.05) is 23.4 Å². The molecular weight excluding hydrogens is 390 g/mol. The van der Waals surface area contributed by atoms with Crippen molar-refractivity contribution in [2.24, 2.45) is 5.92 Å². The van der Waals surface area contributed by atoms with Crippen LogP contribution in [0, 0.1) is 12.8 Å². The number of hydrogen-bond donors (Lipinski definition) is 0. The fraction of sp³-hybridized carbons (Fsp3) is 0.389. The highest BCUT2D eigenvalue weighted by Crippen LogP contribution is 2.30. The van der Waals surface area contributed by atoms with Crippen molar-refractivity contribution in [2.75, 3.05) is 6.61 Å². The molecular formula is C18H19BrNO3S+. The molecule has 24 heavy (non-hydrogen) atoms. The molecule has 126 valence electrons. The molecule has 0 atom stereocenters. The molecule has 0 saturated heterocycles. The number of halogens is 1. The predicted molar refractivity (Wildman–Crippen MR) is 95.1 cm³/mol. The Kier molecular flexibility index (Phi) is 5.46. The molecule has 0 radical (unpaired) electrons. The summed E-state index contributed by atoms with van der Waals surface area (Å²) in [7, 11) is 0. The van der Waals surface area contributed by atoms with E-state index in [9.17, 15) is 9.59 Å². The second-order valence-electron chi connectivity index (χ2n) is 5.98. The van der Waals surface area contributed by atoms with E-state index in [0.29, 0.717) is 25.1 Å². The van der Waals surface area contributed by atoms with Gasteiger partial charge in [-0.3, -0.25) is 9.59 Å². The minimum Gasteiger partial charge on any atom is -0.465 e. The van der Waals surface area contributed by atoms with Gasteiger partial charge in [0.25, 0.3) is 0 Å². The minimum atomic E-state index is -0.0671. The van der Waals surface area contributed by atoms with E-state index in [1.165, 1.54) is 0 Å². The first-order valence-electron chi connectivity index (χ1n) is 7.96. The summed E-state index contributed by atoms with van der Waals surface area (Å²) in [5.74, 6) is 0.158. The SMILES string of the molecule is Cc1c(CCOC(=O)C2CC2)sc[n+]1CC(=O)c1ccc(Br)cc1. The van der Waals surface area contributed by atoms with Crippen molar-refractivity contribution < 1.29 is 18.9 Å². The second kappa shape index (κ2) is 7.57. The molecule has 1 aliphatic rings. The molecule has 0 unspecified atom stereocenters. The van der Waals surface area contributed by atoms with E-state index in [4.69, 9.17) is 4.74 Å². The number of carbonyl (C=O) groups is 2. The number of Topliss-reactive ketones (excluding diaryl/α,β-unsaturated/α-hetero) is 1. The molecule has 2 aromatic rings. The first-order valence-corrected chi connectivity index (χ1v) is 9.63. The van der Waals surface area contributed by atoms with Crippen LogP contribution >= 0.6 is 27.3 Å². The summed E-state index contributed by atoms with van der Waals surface area (Å²) >= 11 is 4.98. The van der Waals surface area contributed by atoms with Gasteiger partial charge in [0.1, 0.15) is 0 Å². The highest BCUT2D eigenvalue weighted by molar-refractivity contribution is 9.10. The van der Waals surface area contributed by atoms with E-state index < -0.39 is 0 Å². The van der Waals surface area contributed by atoms with E-state index in [-0.39, 0.29) is 17.7 Å². The van der Waals surface area contributed by atoms with Gasteiger partial charge in [-0.15, -0.1) is 0 Å². The molecule has 0 bridgehead atoms. The van der Waals surface area contributed by atoms with Gasteiger partial charge in [0.15, 0.2) is 5.69 Å². The Morgan fingerprint density at radius 1 is 1.29 bits per heavy atom. The average molecular weight is 409 g/mol. The number of nitrogens with zero attached hydrogens (tertiary/aromatic N) is 1. The van der Waals surface area contributed by atoms with Crippen LogP contribution in [-0.2, 0) is 22.5 Å². The van der Waals surface area contributed by atoms with E-state index >= 15 is 0 Å². The lowest BCUT2D eigenvalue weighted by molar-refractivity contribution is -0.684. The smallest absolute Gasteiger partial charge is 0.308 e. The summed E-state index contributed by atoms with van der Waals surface area (Å²) in [6.45, 7) is 2.74. The van der Waals surface area contributed by atoms with Crippen LogP contribution in [0.4, 0.5) is 0 Å². The summed E-state index contributed by atoms with van der Waals surface area (Å²) in [6, 6.07) is 7.40. The number of ether oxygens (including phenoxy) is 1. The van der Waals surface area contributed by atoms with Crippen molar-refractivity contribution in [3.8, 4) is 0 Å². The van der Waals surface area contributed by atoms with Crippen molar-refractivity contribution in [2.45, 2.75) is 32.7 Å². The monoisotopic (exact) mass is 408 g/mol. The van der Waals surface area contributed by atoms with E-state index in [1.807, 2.05) is 41.3 Å². The van der Waals surface area contributed by atoms with Gasteiger partial charge in [-0.2, -0.15) is 4.57 Å². The normalized spacial score (nSPS) is 13.8. The van der Waals surface area contributed by atoms with Crippen LogP contribution in [0.1, 0.15) is 33.8 Å². The third kappa shape index (κ3) is 4.30. The third-order valence-electron chi connectivity index (χ3n) is 4.12. The summed E-state index contributed by atoms with van der Waals surface area (Å²) < 4.78 is 8.21. The summed E-state index contributed by atoms with van der Waals surface area (Å²) in [5, 5.41) is 0. The van der Waals surface area contributed by atoms with Crippen molar-refractivity contribution in [3.63, 3.8) is 0 Å². The predicted octanol–water partition coefficient (Wildman–Crippen LogP) is 3.49. The molecule has 0 amide bonds. The number of hydrogen-bond acceptors (Lipinski definition) is 4. The van der Waals surface area contributed by atoms with Gasteiger partial charge in [-0.25, -0.2) is 0 Å². The topological polar surface area (TPSA) is 47.2 Å². The average Bonchev–Trinajstić information content (AvgIpc) is 3.36. The Labute approximate surface area is 153 Å². The Morgan fingerprint density at radius 3 is 2.67 bits per heavy atom. The summed E-state index contributed by atoms with van der Waals surface area (Å²) in [5.41, 5.74) is 3.73. The standard InChI is InChI=1S/C18H19BrNO3S/c1-12-17(8-9-23-18(22)14-2-3-14)24-11-20(12)10-16(21)13-4-6-15(19)7-5-13/h4-7,11,14H,2-3,8-10H2,1H3/q+1. The molecule has 6 heteroatoms. The summed E-state index contributed by atoms with van der Waals surface area (Å²) in [6.07, 6.45) is 2.64. The van der Waals surface area contributed by atoms with Crippen molar-refractivity contribution >= 4 is 39.0 Å². The van der Waals surface area contributed by atoms with Crippen LogP contribution in [0.3, 0.4) is 0 Å². The third-order valence-corrected chi connectivity index (χ3v) is 5.79. The molecule has 3 rings (SSSR count). The van der Waals surface area contributed by atoms with E-state index in [0.717, 1.165) is 27.9 Å². The zero-order chi connectivity index (χ0) is 17.1. The number of rotatable bonds is 7. The maximum absolute atomic E-state index is 12.4. The molecule has 1 fully saturated rings. The van der Waals surface area contributed by atoms with Gasteiger partial charge in [0.2, 0.25) is 17.8 Å². The highest BCUT2D eigenvalue weighted by atomic mass is 79.9. The lowest BCUT2D eigenvalue weighted by Crippen LogP contribution is -2.38. The van der Waals surface area contributed by atoms with Gasteiger partial charge < -0.3 is 4.74 Å². The number of esters is 1. The number of ketones is 1. The van der Waals surface area contributed by atoms with Gasteiger partial charge in [-0.05, 0) is 25.0 Å². The number of aromatic nitrogens is 1. The zero-order valence-corrected chi connectivity index (χ0v) is 15.9. The van der Waals surface area contributed by atoms with Crippen molar-refractivity contribution in [1.29, 1.82) is 0 Å². The van der Waals surface area contributed by atoms with Gasteiger partial charge in [0.05, 0.1) is 17.4 Å². The van der Waals surface area contributed by atoms with Crippen molar-refractivity contribution in [1.82, 2.24) is 0 Å². The molecule has 1 aliphatic carbocycles. The Bertz CT molecular complexity index is 750. The highest BCUT2D eigenvalue weighted by Gasteiger charge is 2.31. The molecule has 1 saturated carbocycles. The summed E-state index contributed by atoms with van der Waals surface area (Å²) in [4.78, 5) is 25.1. The Balaban J connectivity index is 1.56. The van der Waals surface area contributed by atoms with E-state index in [2.05, 4.69) is 15.9 Å². The quantitative estimate of drug-likeness (QED) is 0.400. The van der Waals surface area contributed by atoms with Crippen LogP contribution in [0.15, 0.2) is 34.2 Å². The van der Waals surface area contributed by atoms with Crippen LogP contribution in [0.2, 0.25) is 0 Å². The molecule has 0 N–H and O–H groups in total. The van der Waals surface area contributed by atoms with Crippen LogP contribution < -0.4 is 4.57 Å². The maximum atomic E-state index is 12.4. The number of carbonyl (C=O) groups excluding carboxylic acids is 2. The lowest BCUT2D eigenvalue weighted by Gasteiger charge is -2.02. The van der Waals surface area contributed by atoms with E-state index in [1.54, 1.807) is 11.3 Å². The fourth-order valence-electron chi connectivity index (χ4n) is 2.41. The number of thiazole rings is 1. The first-order chi connectivity index (χ1) is 11.5. The molecule has 0 aliphatic heterocycles.